The Morgan fingerprint density at radius 3 is 2.80 bits per heavy atom. The first-order valence-corrected chi connectivity index (χ1v) is 6.79. The lowest BCUT2D eigenvalue weighted by Gasteiger charge is -2.08. The monoisotopic (exact) mass is 266 g/mol. The highest BCUT2D eigenvalue weighted by molar-refractivity contribution is 6.04. The van der Waals surface area contributed by atoms with E-state index in [0.29, 0.717) is 5.88 Å². The molecular formula is C16H14N2O2. The van der Waals surface area contributed by atoms with Crippen molar-refractivity contribution in [3.8, 4) is 5.88 Å². The molecule has 4 nitrogen and oxygen atoms in total. The summed E-state index contributed by atoms with van der Waals surface area (Å²) in [6.07, 6.45) is 2.91. The number of hydrogen-bond donors (Lipinski definition) is 1. The van der Waals surface area contributed by atoms with Crippen LogP contribution in [0.4, 0.5) is 0 Å². The predicted octanol–water partition coefficient (Wildman–Crippen LogP) is 2.57. The maximum atomic E-state index is 12.2. The van der Waals surface area contributed by atoms with Crippen LogP contribution in [0.15, 0.2) is 29.1 Å². The minimum Gasteiger partial charge on any atom is -0.481 e. The van der Waals surface area contributed by atoms with Gasteiger partial charge in [0.25, 0.3) is 5.56 Å². The number of hydrogen-bond acceptors (Lipinski definition) is 3. The number of aryl methyl sites for hydroxylation is 1. The topological polar surface area (TPSA) is 55.0 Å². The average molecular weight is 266 g/mol. The number of benzene rings is 1. The first-order valence-electron chi connectivity index (χ1n) is 6.79. The highest BCUT2D eigenvalue weighted by Crippen LogP contribution is 2.30. The standard InChI is InChI=1S/C16H14N2O2/c1-20-13-8-6-9-5-7-11-10-3-2-4-12(10)16(19)18-15(11)14(9)17-13/h5-8H,2-4H2,1H3,(H,18,19). The van der Waals surface area contributed by atoms with Crippen LogP contribution in [0.5, 0.6) is 5.88 Å². The summed E-state index contributed by atoms with van der Waals surface area (Å²) in [5.74, 6) is 0.561. The summed E-state index contributed by atoms with van der Waals surface area (Å²) in [4.78, 5) is 19.7. The largest absolute Gasteiger partial charge is 0.481 e. The molecule has 100 valence electrons. The third-order valence-corrected chi connectivity index (χ3v) is 4.10. The number of fused-ring (bicyclic) bond motifs is 5. The van der Waals surface area contributed by atoms with Gasteiger partial charge in [-0.3, -0.25) is 4.79 Å². The molecule has 3 aromatic rings. The average Bonchev–Trinajstić information content (AvgIpc) is 2.97. The fourth-order valence-corrected chi connectivity index (χ4v) is 3.14. The van der Waals surface area contributed by atoms with Crippen LogP contribution in [0.1, 0.15) is 17.5 Å². The molecule has 0 atom stereocenters. The van der Waals surface area contributed by atoms with Crippen molar-refractivity contribution in [2.45, 2.75) is 19.3 Å². The Balaban J connectivity index is 2.19. The fourth-order valence-electron chi connectivity index (χ4n) is 3.14. The van der Waals surface area contributed by atoms with Crippen LogP contribution in [0.25, 0.3) is 21.8 Å². The maximum Gasteiger partial charge on any atom is 0.251 e. The van der Waals surface area contributed by atoms with E-state index in [0.717, 1.165) is 46.6 Å². The van der Waals surface area contributed by atoms with Crippen LogP contribution in [0.2, 0.25) is 0 Å². The van der Waals surface area contributed by atoms with Gasteiger partial charge in [-0.1, -0.05) is 12.1 Å². The molecule has 0 spiro atoms. The van der Waals surface area contributed by atoms with Crippen molar-refractivity contribution in [2.75, 3.05) is 7.11 Å². The number of rotatable bonds is 1. The number of pyridine rings is 2. The van der Waals surface area contributed by atoms with Crippen molar-refractivity contribution in [1.29, 1.82) is 0 Å². The van der Waals surface area contributed by atoms with E-state index in [9.17, 15) is 4.79 Å². The van der Waals surface area contributed by atoms with Gasteiger partial charge < -0.3 is 9.72 Å². The zero-order valence-electron chi connectivity index (χ0n) is 11.2. The molecule has 0 aliphatic heterocycles. The minimum atomic E-state index is 0.0297. The van der Waals surface area contributed by atoms with Gasteiger partial charge >= 0.3 is 0 Å². The van der Waals surface area contributed by atoms with Gasteiger partial charge in [0.1, 0.15) is 0 Å². The number of aromatic nitrogens is 2. The van der Waals surface area contributed by atoms with Crippen molar-refractivity contribution < 1.29 is 4.74 Å². The number of methoxy groups -OCH3 is 1. The van der Waals surface area contributed by atoms with E-state index in [1.807, 2.05) is 12.1 Å². The number of H-pyrrole nitrogens is 1. The number of nitrogens with one attached hydrogen (secondary N) is 1. The summed E-state index contributed by atoms with van der Waals surface area (Å²) in [7, 11) is 1.60. The Labute approximate surface area is 115 Å². The van der Waals surface area contributed by atoms with Gasteiger partial charge in [0.2, 0.25) is 5.88 Å². The van der Waals surface area contributed by atoms with Gasteiger partial charge in [0, 0.05) is 22.4 Å². The second-order valence-electron chi connectivity index (χ2n) is 5.18. The highest BCUT2D eigenvalue weighted by atomic mass is 16.5. The van der Waals surface area contributed by atoms with E-state index < -0.39 is 0 Å². The van der Waals surface area contributed by atoms with Gasteiger partial charge in [-0.2, -0.15) is 0 Å². The van der Waals surface area contributed by atoms with Gasteiger partial charge in [-0.25, -0.2) is 4.98 Å². The zero-order valence-corrected chi connectivity index (χ0v) is 11.2. The molecule has 1 aliphatic carbocycles. The van der Waals surface area contributed by atoms with Gasteiger partial charge in [-0.15, -0.1) is 0 Å². The molecule has 0 radical (unpaired) electrons. The van der Waals surface area contributed by atoms with Crippen molar-refractivity contribution in [3.63, 3.8) is 0 Å². The fraction of sp³-hybridized carbons (Fsp3) is 0.250. The van der Waals surface area contributed by atoms with Crippen LogP contribution < -0.4 is 10.3 Å². The normalized spacial score (nSPS) is 13.8. The molecule has 20 heavy (non-hydrogen) atoms. The summed E-state index contributed by atoms with van der Waals surface area (Å²) in [6, 6.07) is 7.94. The third-order valence-electron chi connectivity index (χ3n) is 4.10. The summed E-state index contributed by atoms with van der Waals surface area (Å²) < 4.78 is 5.19. The van der Waals surface area contributed by atoms with E-state index >= 15 is 0 Å². The van der Waals surface area contributed by atoms with Crippen LogP contribution >= 0.6 is 0 Å². The number of nitrogens with zero attached hydrogens (tertiary/aromatic N) is 1. The van der Waals surface area contributed by atoms with Gasteiger partial charge in [0.15, 0.2) is 0 Å². The smallest absolute Gasteiger partial charge is 0.251 e. The van der Waals surface area contributed by atoms with Gasteiger partial charge in [-0.05, 0) is 30.9 Å². The molecule has 1 N–H and O–H groups in total. The van der Waals surface area contributed by atoms with Crippen molar-refractivity contribution in [2.24, 2.45) is 0 Å². The summed E-state index contributed by atoms with van der Waals surface area (Å²) in [5.41, 5.74) is 3.79. The zero-order chi connectivity index (χ0) is 13.7. The first-order chi connectivity index (χ1) is 9.78. The molecular weight excluding hydrogens is 252 g/mol. The van der Waals surface area contributed by atoms with E-state index in [2.05, 4.69) is 22.1 Å². The molecule has 0 saturated heterocycles. The van der Waals surface area contributed by atoms with Crippen molar-refractivity contribution >= 4 is 21.8 Å². The molecule has 4 heteroatoms. The highest BCUT2D eigenvalue weighted by Gasteiger charge is 2.19. The van der Waals surface area contributed by atoms with Crippen LogP contribution in [-0.2, 0) is 12.8 Å². The Bertz CT molecular complexity index is 896. The van der Waals surface area contributed by atoms with Gasteiger partial charge in [0.05, 0.1) is 18.1 Å². The molecule has 0 fully saturated rings. The SMILES string of the molecule is COc1ccc2ccc3c4c(c(=O)[nH]c3c2n1)CCC4. The van der Waals surface area contributed by atoms with Crippen LogP contribution in [-0.4, -0.2) is 17.1 Å². The van der Waals surface area contributed by atoms with Crippen molar-refractivity contribution in [1.82, 2.24) is 9.97 Å². The second-order valence-corrected chi connectivity index (χ2v) is 5.18. The Morgan fingerprint density at radius 1 is 1.15 bits per heavy atom. The van der Waals surface area contributed by atoms with E-state index in [1.54, 1.807) is 7.11 Å². The lowest BCUT2D eigenvalue weighted by atomic mass is 10.0. The molecule has 1 aliphatic rings. The molecule has 0 bridgehead atoms. The maximum absolute atomic E-state index is 12.2. The van der Waals surface area contributed by atoms with E-state index in [-0.39, 0.29) is 5.56 Å². The Kier molecular flexibility index (Phi) is 2.33. The van der Waals surface area contributed by atoms with Crippen LogP contribution in [0, 0.1) is 0 Å². The first kappa shape index (κ1) is 11.5. The summed E-state index contributed by atoms with van der Waals surface area (Å²) in [6.45, 7) is 0. The minimum absolute atomic E-state index is 0.0297. The third kappa shape index (κ3) is 1.48. The molecule has 0 saturated carbocycles. The summed E-state index contributed by atoms with van der Waals surface area (Å²) >= 11 is 0. The lowest BCUT2D eigenvalue weighted by Crippen LogP contribution is -2.12. The Hall–Kier alpha value is -2.36. The molecule has 2 aromatic heterocycles. The second kappa shape index (κ2) is 4.07. The Morgan fingerprint density at radius 2 is 1.95 bits per heavy atom. The summed E-state index contributed by atoms with van der Waals surface area (Å²) in [5, 5.41) is 2.12. The quantitative estimate of drug-likeness (QED) is 0.689. The molecule has 0 unspecified atom stereocenters. The van der Waals surface area contributed by atoms with Crippen LogP contribution in [0.3, 0.4) is 0 Å². The van der Waals surface area contributed by atoms with E-state index in [4.69, 9.17) is 4.74 Å². The molecule has 0 amide bonds. The molecule has 1 aromatic carbocycles. The lowest BCUT2D eigenvalue weighted by molar-refractivity contribution is 0.399. The number of aromatic amines is 1. The van der Waals surface area contributed by atoms with E-state index in [1.165, 1.54) is 5.56 Å². The number of ether oxygens (including phenoxy) is 1. The van der Waals surface area contributed by atoms with Crippen molar-refractivity contribution in [3.05, 3.63) is 45.7 Å². The molecule has 2 heterocycles. The molecule has 4 rings (SSSR count). The predicted molar refractivity (Wildman–Crippen MR) is 78.4 cm³/mol.